The molecule has 34 heavy (non-hydrogen) atoms. The fourth-order valence-electron chi connectivity index (χ4n) is 3.95. The first-order chi connectivity index (χ1) is 16.4. The maximum absolute atomic E-state index is 14.8. The molecule has 1 amide bonds. The average molecular weight is 457 g/mol. The highest BCUT2D eigenvalue weighted by molar-refractivity contribution is 5.88. The van der Waals surface area contributed by atoms with Gasteiger partial charge in [0, 0.05) is 17.4 Å². The third-order valence-electron chi connectivity index (χ3n) is 5.63. The number of nitrogens with one attached hydrogen (secondary N) is 3. The smallest absolute Gasteiger partial charge is 0.413 e. The lowest BCUT2D eigenvalue weighted by molar-refractivity contribution is 0.186. The number of halogens is 1. The Balaban J connectivity index is 1.51. The van der Waals surface area contributed by atoms with E-state index in [9.17, 15) is 14.0 Å². The number of carbonyl (C=O) groups excluding carboxylic acids is 1. The highest BCUT2D eigenvalue weighted by Crippen LogP contribution is 2.28. The lowest BCUT2D eigenvalue weighted by Crippen LogP contribution is -2.11. The molecule has 0 aliphatic carbocycles. The number of imidazole rings is 1. The minimum Gasteiger partial charge on any atom is -0.453 e. The molecule has 0 spiro atoms. The molecule has 0 aliphatic rings. The van der Waals surface area contributed by atoms with Gasteiger partial charge in [-0.1, -0.05) is 29.8 Å². The Morgan fingerprint density at radius 3 is 2.76 bits per heavy atom. The third-order valence-corrected chi connectivity index (χ3v) is 5.63. The highest BCUT2D eigenvalue weighted by atomic mass is 19.1. The molecule has 2 heterocycles. The molecule has 0 radical (unpaired) electrons. The number of methoxy groups -OCH3 is 1. The summed E-state index contributed by atoms with van der Waals surface area (Å²) in [5.74, 6) is -0.138. The van der Waals surface area contributed by atoms with Crippen molar-refractivity contribution in [2.75, 3.05) is 12.4 Å². The van der Waals surface area contributed by atoms with Gasteiger partial charge in [-0.3, -0.25) is 10.1 Å². The normalized spacial score (nSPS) is 11.1. The van der Waals surface area contributed by atoms with Crippen LogP contribution in [0.2, 0.25) is 0 Å². The van der Waals surface area contributed by atoms with Crippen LogP contribution in [0.4, 0.5) is 15.1 Å². The molecular formula is C25H20FN5O3. The first-order valence-electron chi connectivity index (χ1n) is 10.5. The SMILES string of the molecule is COC(=O)Nc1nc2cc(-c3cc(Cc4n[nH]c(=O)c5cc(C)ccc45)ccc3F)ccc2[nH]1. The molecule has 8 nitrogen and oxygen atoms in total. The monoisotopic (exact) mass is 457 g/mol. The number of aryl methyl sites for hydroxylation is 1. The van der Waals surface area contributed by atoms with Crippen molar-refractivity contribution < 1.29 is 13.9 Å². The largest absolute Gasteiger partial charge is 0.453 e. The molecule has 0 saturated heterocycles. The number of rotatable bonds is 4. The number of hydrogen-bond donors (Lipinski definition) is 3. The van der Waals surface area contributed by atoms with Gasteiger partial charge in [0.2, 0.25) is 5.95 Å². The molecule has 3 aromatic carbocycles. The van der Waals surface area contributed by atoms with E-state index in [4.69, 9.17) is 0 Å². The molecule has 0 bridgehead atoms. The van der Waals surface area contributed by atoms with E-state index in [0.717, 1.165) is 16.5 Å². The van der Waals surface area contributed by atoms with Crippen LogP contribution in [0.5, 0.6) is 0 Å². The summed E-state index contributed by atoms with van der Waals surface area (Å²) in [6.45, 7) is 1.93. The lowest BCUT2D eigenvalue weighted by Gasteiger charge is -2.09. The van der Waals surface area contributed by atoms with Gasteiger partial charge in [-0.25, -0.2) is 19.3 Å². The summed E-state index contributed by atoms with van der Waals surface area (Å²) >= 11 is 0. The Morgan fingerprint density at radius 1 is 1.09 bits per heavy atom. The number of carbonyl (C=O) groups is 1. The van der Waals surface area contributed by atoms with Crippen molar-refractivity contribution in [2.45, 2.75) is 13.3 Å². The molecule has 0 aliphatic heterocycles. The number of fused-ring (bicyclic) bond motifs is 2. The van der Waals surface area contributed by atoms with E-state index in [-0.39, 0.29) is 17.3 Å². The number of nitrogens with zero attached hydrogens (tertiary/aromatic N) is 2. The summed E-state index contributed by atoms with van der Waals surface area (Å²) in [4.78, 5) is 30.9. The minimum atomic E-state index is -0.642. The number of benzene rings is 3. The second kappa shape index (κ2) is 8.43. The molecule has 3 N–H and O–H groups in total. The van der Waals surface area contributed by atoms with Crippen molar-refractivity contribution in [1.82, 2.24) is 20.2 Å². The van der Waals surface area contributed by atoms with E-state index in [1.165, 1.54) is 13.2 Å². The van der Waals surface area contributed by atoms with Crippen LogP contribution in [0, 0.1) is 12.7 Å². The van der Waals surface area contributed by atoms with E-state index < -0.39 is 6.09 Å². The van der Waals surface area contributed by atoms with Crippen LogP contribution >= 0.6 is 0 Å². The summed E-state index contributed by atoms with van der Waals surface area (Å²) in [6.07, 6.45) is -0.224. The number of hydrogen-bond acceptors (Lipinski definition) is 5. The van der Waals surface area contributed by atoms with Crippen LogP contribution in [-0.2, 0) is 11.2 Å². The molecule has 2 aromatic heterocycles. The predicted octanol–water partition coefficient (Wildman–Crippen LogP) is 4.68. The van der Waals surface area contributed by atoms with Crippen LogP contribution in [0.3, 0.4) is 0 Å². The number of H-pyrrole nitrogens is 2. The number of anilines is 1. The summed E-state index contributed by atoms with van der Waals surface area (Å²) < 4.78 is 19.4. The van der Waals surface area contributed by atoms with E-state index in [2.05, 4.69) is 30.2 Å². The second-order valence-corrected chi connectivity index (χ2v) is 7.97. The molecule has 170 valence electrons. The number of aromatic nitrogens is 4. The zero-order valence-electron chi connectivity index (χ0n) is 18.4. The fourth-order valence-corrected chi connectivity index (χ4v) is 3.95. The second-order valence-electron chi connectivity index (χ2n) is 7.97. The van der Waals surface area contributed by atoms with Crippen LogP contribution in [0.15, 0.2) is 59.4 Å². The van der Waals surface area contributed by atoms with Gasteiger partial charge < -0.3 is 9.72 Å². The Hall–Kier alpha value is -4.53. The number of ether oxygens (including phenoxy) is 1. The summed E-state index contributed by atoms with van der Waals surface area (Å²) in [6, 6.07) is 15.8. The summed E-state index contributed by atoms with van der Waals surface area (Å²) in [7, 11) is 1.26. The Kier molecular flexibility index (Phi) is 5.29. The van der Waals surface area contributed by atoms with E-state index >= 15 is 0 Å². The molecule has 0 saturated carbocycles. The quantitative estimate of drug-likeness (QED) is 0.363. The van der Waals surface area contributed by atoms with Crippen molar-refractivity contribution in [3.8, 4) is 11.1 Å². The van der Waals surface area contributed by atoms with E-state index in [0.29, 0.717) is 39.7 Å². The van der Waals surface area contributed by atoms with Gasteiger partial charge in [-0.15, -0.1) is 0 Å². The van der Waals surface area contributed by atoms with Gasteiger partial charge in [0.15, 0.2) is 0 Å². The van der Waals surface area contributed by atoms with Gasteiger partial charge in [0.25, 0.3) is 5.56 Å². The Bertz CT molecular complexity index is 1620. The van der Waals surface area contributed by atoms with E-state index in [1.54, 1.807) is 30.3 Å². The molecule has 5 rings (SSSR count). The first kappa shape index (κ1) is 21.3. The summed E-state index contributed by atoms with van der Waals surface area (Å²) in [5, 5.41) is 10.6. The van der Waals surface area contributed by atoms with Gasteiger partial charge in [0.05, 0.1) is 29.2 Å². The zero-order valence-corrected chi connectivity index (χ0v) is 18.4. The first-order valence-corrected chi connectivity index (χ1v) is 10.5. The molecule has 5 aromatic rings. The van der Waals surface area contributed by atoms with Crippen molar-refractivity contribution in [3.63, 3.8) is 0 Å². The van der Waals surface area contributed by atoms with Crippen LogP contribution < -0.4 is 10.9 Å². The van der Waals surface area contributed by atoms with E-state index in [1.807, 2.05) is 25.1 Å². The third kappa shape index (κ3) is 3.99. The van der Waals surface area contributed by atoms with Crippen LogP contribution in [0.1, 0.15) is 16.8 Å². The average Bonchev–Trinajstić information content (AvgIpc) is 3.23. The highest BCUT2D eigenvalue weighted by Gasteiger charge is 2.13. The van der Waals surface area contributed by atoms with Gasteiger partial charge in [0.1, 0.15) is 5.82 Å². The fraction of sp³-hybridized carbons (Fsp3) is 0.120. The molecule has 0 atom stereocenters. The number of aromatic amines is 2. The lowest BCUT2D eigenvalue weighted by atomic mass is 9.98. The standard InChI is InChI=1S/C25H20FN5O3/c1-13-3-6-16-18(9-13)23(32)31-30-21(16)11-14-4-7-19(26)17(10-14)15-5-8-20-22(12-15)28-24(27-20)29-25(33)34-2/h3-10,12H,11H2,1-2H3,(H,31,32)(H2,27,28,29,33). The van der Waals surface area contributed by atoms with Crippen LogP contribution in [-0.4, -0.2) is 33.4 Å². The zero-order chi connectivity index (χ0) is 23.8. The number of amides is 1. The maximum Gasteiger partial charge on any atom is 0.413 e. The Labute approximate surface area is 192 Å². The van der Waals surface area contributed by atoms with Crippen molar-refractivity contribution in [3.05, 3.63) is 87.6 Å². The molecule has 9 heteroatoms. The van der Waals surface area contributed by atoms with Crippen molar-refractivity contribution in [1.29, 1.82) is 0 Å². The van der Waals surface area contributed by atoms with Crippen molar-refractivity contribution in [2.24, 2.45) is 0 Å². The minimum absolute atomic E-state index is 0.236. The Morgan fingerprint density at radius 2 is 1.94 bits per heavy atom. The molecule has 0 unspecified atom stereocenters. The van der Waals surface area contributed by atoms with Gasteiger partial charge >= 0.3 is 6.09 Å². The summed E-state index contributed by atoms with van der Waals surface area (Å²) in [5.41, 5.74) is 4.59. The van der Waals surface area contributed by atoms with Gasteiger partial charge in [-0.05, 0) is 48.4 Å². The topological polar surface area (TPSA) is 113 Å². The predicted molar refractivity (Wildman–Crippen MR) is 127 cm³/mol. The van der Waals surface area contributed by atoms with Crippen molar-refractivity contribution >= 4 is 33.8 Å². The molecular weight excluding hydrogens is 437 g/mol. The molecule has 0 fully saturated rings. The van der Waals surface area contributed by atoms with Gasteiger partial charge in [-0.2, -0.15) is 5.10 Å². The van der Waals surface area contributed by atoms with Crippen LogP contribution in [0.25, 0.3) is 32.9 Å². The maximum atomic E-state index is 14.8.